The average Bonchev–Trinajstić information content (AvgIpc) is 2.28. The Balaban J connectivity index is 3.04. The summed E-state index contributed by atoms with van der Waals surface area (Å²) in [6, 6.07) is 5.38. The molecule has 0 aliphatic rings. The molecule has 4 heteroatoms. The van der Waals surface area contributed by atoms with Crippen LogP contribution in [-0.4, -0.2) is 24.8 Å². The highest BCUT2D eigenvalue weighted by molar-refractivity contribution is 9.09. The van der Waals surface area contributed by atoms with Crippen LogP contribution in [0.2, 0.25) is 0 Å². The van der Waals surface area contributed by atoms with Crippen molar-refractivity contribution in [3.8, 4) is 5.75 Å². The van der Waals surface area contributed by atoms with E-state index in [2.05, 4.69) is 21.2 Å². The maximum Gasteiger partial charge on any atom is 0.173 e. The van der Waals surface area contributed by atoms with Crippen LogP contribution in [0.5, 0.6) is 5.75 Å². The maximum atomic E-state index is 11.5. The monoisotopic (exact) mass is 271 g/mol. The van der Waals surface area contributed by atoms with E-state index >= 15 is 0 Å². The van der Waals surface area contributed by atoms with Crippen molar-refractivity contribution in [1.82, 2.24) is 0 Å². The molecule has 0 heterocycles. The van der Waals surface area contributed by atoms with Crippen LogP contribution < -0.4 is 10.1 Å². The molecule has 3 nitrogen and oxygen atoms in total. The molecular formula is C11H14BrNO2. The zero-order valence-electron chi connectivity index (χ0n) is 8.84. The van der Waals surface area contributed by atoms with Crippen LogP contribution in [0.25, 0.3) is 0 Å². The Kier molecular flexibility index (Phi) is 4.62. The van der Waals surface area contributed by atoms with Crippen molar-refractivity contribution in [2.45, 2.75) is 6.92 Å². The van der Waals surface area contributed by atoms with Crippen LogP contribution >= 0.6 is 15.9 Å². The highest BCUT2D eigenvalue weighted by Crippen LogP contribution is 2.25. The summed E-state index contributed by atoms with van der Waals surface area (Å²) in [5.41, 5.74) is 1.54. The summed E-state index contributed by atoms with van der Waals surface area (Å²) in [5, 5.41) is 3.49. The van der Waals surface area contributed by atoms with Gasteiger partial charge in [0, 0.05) is 12.1 Å². The Morgan fingerprint density at radius 3 is 2.80 bits per heavy atom. The number of benzene rings is 1. The lowest BCUT2D eigenvalue weighted by Gasteiger charge is -2.10. The Morgan fingerprint density at radius 2 is 2.27 bits per heavy atom. The van der Waals surface area contributed by atoms with Gasteiger partial charge >= 0.3 is 0 Å². The molecule has 0 aromatic heterocycles. The number of Topliss-reactive ketones (excluding diaryl/α,β-unsaturated/α-hetero) is 1. The number of ether oxygens (including phenoxy) is 1. The van der Waals surface area contributed by atoms with E-state index < -0.39 is 0 Å². The molecule has 0 fully saturated rings. The molecule has 0 bridgehead atoms. The minimum absolute atomic E-state index is 0.0665. The fourth-order valence-electron chi connectivity index (χ4n) is 1.29. The van der Waals surface area contributed by atoms with E-state index in [4.69, 9.17) is 4.74 Å². The van der Waals surface area contributed by atoms with E-state index in [0.717, 1.165) is 18.0 Å². The number of alkyl halides is 1. The number of methoxy groups -OCH3 is 1. The van der Waals surface area contributed by atoms with Gasteiger partial charge in [-0.1, -0.05) is 15.9 Å². The van der Waals surface area contributed by atoms with Gasteiger partial charge in [0.1, 0.15) is 5.75 Å². The molecule has 0 radical (unpaired) electrons. The molecule has 0 saturated carbocycles. The number of carbonyl (C=O) groups excluding carboxylic acids is 1. The second-order valence-electron chi connectivity index (χ2n) is 3.00. The van der Waals surface area contributed by atoms with Crippen molar-refractivity contribution in [3.63, 3.8) is 0 Å². The van der Waals surface area contributed by atoms with E-state index in [1.54, 1.807) is 19.2 Å². The Bertz CT molecular complexity index is 352. The third-order valence-electron chi connectivity index (χ3n) is 2.01. The summed E-state index contributed by atoms with van der Waals surface area (Å²) >= 11 is 3.15. The van der Waals surface area contributed by atoms with Crippen LogP contribution in [0.15, 0.2) is 18.2 Å². The summed E-state index contributed by atoms with van der Waals surface area (Å²) in [7, 11) is 1.61. The lowest BCUT2D eigenvalue weighted by Crippen LogP contribution is -2.04. The number of nitrogens with one attached hydrogen (secondary N) is 1. The van der Waals surface area contributed by atoms with E-state index in [1.807, 2.05) is 13.0 Å². The first-order valence-corrected chi connectivity index (χ1v) is 5.86. The van der Waals surface area contributed by atoms with Crippen LogP contribution in [-0.2, 0) is 0 Å². The number of halogens is 1. The molecule has 0 aliphatic heterocycles. The maximum absolute atomic E-state index is 11.5. The first-order chi connectivity index (χ1) is 7.22. The first kappa shape index (κ1) is 12.0. The van der Waals surface area contributed by atoms with Gasteiger partial charge in [-0.05, 0) is 25.1 Å². The number of hydrogen-bond donors (Lipinski definition) is 1. The average molecular weight is 272 g/mol. The molecule has 0 unspecified atom stereocenters. The highest BCUT2D eigenvalue weighted by atomic mass is 79.9. The lowest BCUT2D eigenvalue weighted by molar-refractivity contribution is 0.102. The van der Waals surface area contributed by atoms with E-state index in [9.17, 15) is 4.79 Å². The smallest absolute Gasteiger partial charge is 0.173 e. The minimum Gasteiger partial charge on any atom is -0.495 e. The lowest BCUT2D eigenvalue weighted by atomic mass is 10.1. The SMILES string of the molecule is CCNc1cc(C(=O)CBr)ccc1OC. The van der Waals surface area contributed by atoms with Crippen LogP contribution in [0, 0.1) is 0 Å². The van der Waals surface area contributed by atoms with Gasteiger partial charge in [-0.15, -0.1) is 0 Å². The van der Waals surface area contributed by atoms with Crippen molar-refractivity contribution < 1.29 is 9.53 Å². The third-order valence-corrected chi connectivity index (χ3v) is 2.52. The van der Waals surface area contributed by atoms with Gasteiger partial charge in [0.05, 0.1) is 18.1 Å². The fraction of sp³-hybridized carbons (Fsp3) is 0.364. The summed E-state index contributed by atoms with van der Waals surface area (Å²) in [6.07, 6.45) is 0. The zero-order chi connectivity index (χ0) is 11.3. The molecule has 0 aliphatic carbocycles. The third kappa shape index (κ3) is 2.96. The van der Waals surface area contributed by atoms with Gasteiger partial charge in [0.2, 0.25) is 0 Å². The second-order valence-corrected chi connectivity index (χ2v) is 3.56. The van der Waals surface area contributed by atoms with Crippen LogP contribution in [0.4, 0.5) is 5.69 Å². The minimum atomic E-state index is 0.0665. The summed E-state index contributed by atoms with van der Waals surface area (Å²) in [5.74, 6) is 0.819. The van der Waals surface area contributed by atoms with Gasteiger partial charge in [-0.2, -0.15) is 0 Å². The number of carbonyl (C=O) groups is 1. The van der Waals surface area contributed by atoms with Crippen LogP contribution in [0.3, 0.4) is 0 Å². The van der Waals surface area contributed by atoms with Gasteiger partial charge in [0.25, 0.3) is 0 Å². The number of rotatable bonds is 5. The Hall–Kier alpha value is -1.03. The van der Waals surface area contributed by atoms with E-state index in [-0.39, 0.29) is 5.78 Å². The summed E-state index contributed by atoms with van der Waals surface area (Å²) in [4.78, 5) is 11.5. The Morgan fingerprint density at radius 1 is 1.53 bits per heavy atom. The molecule has 0 atom stereocenters. The van der Waals surface area contributed by atoms with Crippen molar-refractivity contribution in [2.75, 3.05) is 24.3 Å². The van der Waals surface area contributed by atoms with E-state index in [0.29, 0.717) is 10.9 Å². The molecule has 0 saturated heterocycles. The molecule has 0 spiro atoms. The molecule has 1 aromatic carbocycles. The predicted molar refractivity (Wildman–Crippen MR) is 65.3 cm³/mol. The standard InChI is InChI=1S/C11H14BrNO2/c1-3-13-9-6-8(10(14)7-12)4-5-11(9)15-2/h4-6,13H,3,7H2,1-2H3. The molecule has 82 valence electrons. The molecule has 1 rings (SSSR count). The summed E-state index contributed by atoms with van der Waals surface area (Å²) < 4.78 is 5.18. The zero-order valence-corrected chi connectivity index (χ0v) is 10.4. The normalized spacial score (nSPS) is 9.80. The van der Waals surface area contributed by atoms with E-state index in [1.165, 1.54) is 0 Å². The van der Waals surface area contributed by atoms with Crippen LogP contribution in [0.1, 0.15) is 17.3 Å². The molecule has 1 aromatic rings. The molecule has 15 heavy (non-hydrogen) atoms. The topological polar surface area (TPSA) is 38.3 Å². The fourth-order valence-corrected chi connectivity index (χ4v) is 1.61. The van der Waals surface area contributed by atoms with Crippen molar-refractivity contribution >= 4 is 27.4 Å². The van der Waals surface area contributed by atoms with Gasteiger partial charge in [-0.25, -0.2) is 0 Å². The number of anilines is 1. The molecule has 0 amide bonds. The van der Waals surface area contributed by atoms with Gasteiger partial charge < -0.3 is 10.1 Å². The highest BCUT2D eigenvalue weighted by Gasteiger charge is 2.08. The predicted octanol–water partition coefficient (Wildman–Crippen LogP) is 2.70. The van der Waals surface area contributed by atoms with Crippen molar-refractivity contribution in [3.05, 3.63) is 23.8 Å². The van der Waals surface area contributed by atoms with Crippen molar-refractivity contribution in [1.29, 1.82) is 0 Å². The summed E-state index contributed by atoms with van der Waals surface area (Å²) in [6.45, 7) is 2.79. The molecular weight excluding hydrogens is 258 g/mol. The number of ketones is 1. The molecule has 1 N–H and O–H groups in total. The Labute approximate surface area is 97.9 Å². The second kappa shape index (κ2) is 5.75. The largest absolute Gasteiger partial charge is 0.495 e. The quantitative estimate of drug-likeness (QED) is 0.661. The first-order valence-electron chi connectivity index (χ1n) is 4.74. The van der Waals surface area contributed by atoms with Gasteiger partial charge in [0.15, 0.2) is 5.78 Å². The number of hydrogen-bond acceptors (Lipinski definition) is 3. The van der Waals surface area contributed by atoms with Gasteiger partial charge in [-0.3, -0.25) is 4.79 Å². The van der Waals surface area contributed by atoms with Crippen molar-refractivity contribution in [2.24, 2.45) is 0 Å².